The summed E-state index contributed by atoms with van der Waals surface area (Å²) in [6.07, 6.45) is 1.58. The molecule has 1 aliphatic rings. The van der Waals surface area contributed by atoms with E-state index in [9.17, 15) is 14.4 Å². The van der Waals surface area contributed by atoms with Gasteiger partial charge >= 0.3 is 5.97 Å². The van der Waals surface area contributed by atoms with E-state index in [2.05, 4.69) is 15.9 Å². The van der Waals surface area contributed by atoms with Crippen molar-refractivity contribution in [1.29, 1.82) is 0 Å². The van der Waals surface area contributed by atoms with Crippen molar-refractivity contribution in [2.45, 2.75) is 20.5 Å². The van der Waals surface area contributed by atoms with Crippen LogP contribution in [0.25, 0.3) is 6.08 Å². The molecule has 3 rings (SSSR count). The number of carbonyl (C=O) groups is 3. The number of imide groups is 1. The van der Waals surface area contributed by atoms with E-state index in [1.54, 1.807) is 25.1 Å². The molecule has 0 unspecified atom stereocenters. The lowest BCUT2D eigenvalue weighted by Gasteiger charge is -2.14. The summed E-state index contributed by atoms with van der Waals surface area (Å²) in [4.78, 5) is 37.5. The van der Waals surface area contributed by atoms with Crippen LogP contribution in [0.2, 0.25) is 0 Å². The predicted molar refractivity (Wildman–Crippen MR) is 126 cm³/mol. The lowest BCUT2D eigenvalue weighted by atomic mass is 10.1. The van der Waals surface area contributed by atoms with Crippen molar-refractivity contribution < 1.29 is 28.6 Å². The fourth-order valence-corrected chi connectivity index (χ4v) is 4.42. The van der Waals surface area contributed by atoms with Crippen LogP contribution < -0.4 is 9.47 Å². The van der Waals surface area contributed by atoms with E-state index >= 15 is 0 Å². The summed E-state index contributed by atoms with van der Waals surface area (Å²) >= 11 is 4.28. The molecule has 7 nitrogen and oxygen atoms in total. The molecule has 0 saturated carbocycles. The summed E-state index contributed by atoms with van der Waals surface area (Å²) in [5, 5.41) is -0.515. The fourth-order valence-electron chi connectivity index (χ4n) is 3.01. The van der Waals surface area contributed by atoms with Crippen LogP contribution in [0.3, 0.4) is 0 Å². The highest BCUT2D eigenvalue weighted by molar-refractivity contribution is 9.10. The number of rotatable bonds is 8. The molecule has 0 radical (unpaired) electrons. The summed E-state index contributed by atoms with van der Waals surface area (Å²) in [6.45, 7) is 3.81. The van der Waals surface area contributed by atoms with Crippen LogP contribution in [0.15, 0.2) is 45.8 Å². The van der Waals surface area contributed by atoms with E-state index in [0.29, 0.717) is 28.1 Å². The minimum atomic E-state index is -0.629. The Labute approximate surface area is 198 Å². The van der Waals surface area contributed by atoms with Gasteiger partial charge < -0.3 is 14.2 Å². The first kappa shape index (κ1) is 23.9. The molecule has 32 heavy (non-hydrogen) atoms. The Bertz CT molecular complexity index is 1080. The van der Waals surface area contributed by atoms with E-state index in [0.717, 1.165) is 27.8 Å². The van der Waals surface area contributed by atoms with Crippen LogP contribution >= 0.6 is 27.7 Å². The van der Waals surface area contributed by atoms with Gasteiger partial charge in [-0.2, -0.15) is 0 Å². The molecule has 0 spiro atoms. The van der Waals surface area contributed by atoms with Gasteiger partial charge in [0.05, 0.1) is 23.1 Å². The van der Waals surface area contributed by atoms with Crippen molar-refractivity contribution in [3.05, 3.63) is 62.5 Å². The van der Waals surface area contributed by atoms with Crippen molar-refractivity contribution in [2.24, 2.45) is 0 Å². The number of aryl methyl sites for hydroxylation is 1. The third kappa shape index (κ3) is 5.52. The van der Waals surface area contributed by atoms with E-state index in [4.69, 9.17) is 14.2 Å². The zero-order chi connectivity index (χ0) is 23.3. The molecular formula is C23H22BrNO6S. The topological polar surface area (TPSA) is 82.1 Å². The number of ether oxygens (including phenoxy) is 3. The highest BCUT2D eigenvalue weighted by Gasteiger charge is 2.36. The van der Waals surface area contributed by atoms with Gasteiger partial charge in [0.1, 0.15) is 13.2 Å². The van der Waals surface area contributed by atoms with Crippen LogP contribution in [0.4, 0.5) is 4.79 Å². The van der Waals surface area contributed by atoms with Gasteiger partial charge in [0.2, 0.25) is 0 Å². The van der Waals surface area contributed by atoms with Crippen molar-refractivity contribution in [3.63, 3.8) is 0 Å². The van der Waals surface area contributed by atoms with Gasteiger partial charge in [-0.1, -0.05) is 24.3 Å². The quantitative estimate of drug-likeness (QED) is 0.360. The molecule has 0 aromatic heterocycles. The van der Waals surface area contributed by atoms with E-state index in [1.807, 2.05) is 31.2 Å². The highest BCUT2D eigenvalue weighted by atomic mass is 79.9. The van der Waals surface area contributed by atoms with Gasteiger partial charge in [-0.05, 0) is 76.4 Å². The molecular weight excluding hydrogens is 498 g/mol. The number of methoxy groups -OCH3 is 1. The van der Waals surface area contributed by atoms with Gasteiger partial charge in [0.15, 0.2) is 11.5 Å². The number of amides is 2. The Balaban J connectivity index is 1.80. The van der Waals surface area contributed by atoms with Crippen LogP contribution in [0, 0.1) is 6.92 Å². The minimum Gasteiger partial charge on any atom is -0.493 e. The van der Waals surface area contributed by atoms with Gasteiger partial charge in [0.25, 0.3) is 11.1 Å². The summed E-state index contributed by atoms with van der Waals surface area (Å²) in [6, 6.07) is 11.4. The van der Waals surface area contributed by atoms with E-state index in [1.165, 1.54) is 7.11 Å². The van der Waals surface area contributed by atoms with Gasteiger partial charge in [0, 0.05) is 0 Å². The molecule has 0 aliphatic carbocycles. The van der Waals surface area contributed by atoms with Crippen LogP contribution in [-0.2, 0) is 20.9 Å². The number of halogens is 1. The Morgan fingerprint density at radius 3 is 2.66 bits per heavy atom. The summed E-state index contributed by atoms with van der Waals surface area (Å²) in [5.74, 6) is -0.160. The first-order valence-electron chi connectivity index (χ1n) is 9.79. The Hall–Kier alpha value is -2.78. The molecule has 1 aliphatic heterocycles. The molecule has 9 heteroatoms. The van der Waals surface area contributed by atoms with Gasteiger partial charge in [-0.3, -0.25) is 19.3 Å². The molecule has 1 heterocycles. The Morgan fingerprint density at radius 2 is 1.97 bits per heavy atom. The van der Waals surface area contributed by atoms with E-state index in [-0.39, 0.29) is 11.5 Å². The zero-order valence-electron chi connectivity index (χ0n) is 17.8. The minimum absolute atomic E-state index is 0.178. The monoisotopic (exact) mass is 519 g/mol. The maximum absolute atomic E-state index is 12.6. The third-order valence-corrected chi connectivity index (χ3v) is 6.15. The second kappa shape index (κ2) is 10.7. The first-order chi connectivity index (χ1) is 15.3. The lowest BCUT2D eigenvalue weighted by molar-refractivity contribution is -0.145. The maximum Gasteiger partial charge on any atom is 0.326 e. The molecule has 0 bridgehead atoms. The van der Waals surface area contributed by atoms with Crippen molar-refractivity contribution in [1.82, 2.24) is 4.90 Å². The second-order valence-electron chi connectivity index (χ2n) is 6.82. The molecule has 0 atom stereocenters. The smallest absolute Gasteiger partial charge is 0.326 e. The summed E-state index contributed by atoms with van der Waals surface area (Å²) < 4.78 is 16.9. The van der Waals surface area contributed by atoms with E-state index < -0.39 is 23.7 Å². The second-order valence-corrected chi connectivity index (χ2v) is 8.67. The molecule has 1 saturated heterocycles. The van der Waals surface area contributed by atoms with Crippen molar-refractivity contribution >= 4 is 50.9 Å². The zero-order valence-corrected chi connectivity index (χ0v) is 20.2. The van der Waals surface area contributed by atoms with Crippen LogP contribution in [0.5, 0.6) is 11.5 Å². The van der Waals surface area contributed by atoms with Gasteiger partial charge in [-0.25, -0.2) is 0 Å². The average Bonchev–Trinajstić information content (AvgIpc) is 3.01. The number of carbonyl (C=O) groups excluding carboxylic acids is 3. The van der Waals surface area contributed by atoms with Crippen LogP contribution in [0.1, 0.15) is 23.6 Å². The highest BCUT2D eigenvalue weighted by Crippen LogP contribution is 2.39. The molecule has 168 valence electrons. The standard InChI is InChI=1S/C23H22BrNO6S/c1-4-30-20(26)12-25-22(27)19(32-23(25)28)11-15-9-17(24)21(18(10-15)29-3)31-13-16-8-6-5-7-14(16)2/h5-11H,4,12-13H2,1-3H3/b19-11-. The molecule has 2 amide bonds. The summed E-state index contributed by atoms with van der Waals surface area (Å²) in [5.41, 5.74) is 2.82. The van der Waals surface area contributed by atoms with Crippen LogP contribution in [-0.4, -0.2) is 42.3 Å². The third-order valence-electron chi connectivity index (χ3n) is 4.65. The van der Waals surface area contributed by atoms with Crippen molar-refractivity contribution in [2.75, 3.05) is 20.3 Å². The van der Waals surface area contributed by atoms with Gasteiger partial charge in [-0.15, -0.1) is 0 Å². The molecule has 0 N–H and O–H groups in total. The fraction of sp³-hybridized carbons (Fsp3) is 0.261. The lowest BCUT2D eigenvalue weighted by Crippen LogP contribution is -2.34. The number of benzene rings is 2. The number of hydrogen-bond acceptors (Lipinski definition) is 7. The molecule has 2 aromatic rings. The summed E-state index contributed by atoms with van der Waals surface area (Å²) in [7, 11) is 1.53. The SMILES string of the molecule is CCOC(=O)CN1C(=O)S/C(=C\c2cc(Br)c(OCc3ccccc3C)c(OC)c2)C1=O. The Morgan fingerprint density at radius 1 is 1.22 bits per heavy atom. The number of thioether (sulfide) groups is 1. The number of esters is 1. The maximum atomic E-state index is 12.6. The van der Waals surface area contributed by atoms with Crippen molar-refractivity contribution in [3.8, 4) is 11.5 Å². The first-order valence-corrected chi connectivity index (χ1v) is 11.4. The Kier molecular flexibility index (Phi) is 7.98. The average molecular weight is 520 g/mol. The number of nitrogens with zero attached hydrogens (tertiary/aromatic N) is 1. The molecule has 2 aromatic carbocycles. The molecule has 1 fully saturated rings. The normalized spacial score (nSPS) is 14.8. The number of hydrogen-bond donors (Lipinski definition) is 0. The predicted octanol–water partition coefficient (Wildman–Crippen LogP) is 4.94. The largest absolute Gasteiger partial charge is 0.493 e.